The van der Waals surface area contributed by atoms with Gasteiger partial charge < -0.3 is 14.8 Å². The first-order valence-electron chi connectivity index (χ1n) is 7.78. The molecule has 0 bridgehead atoms. The van der Waals surface area contributed by atoms with Gasteiger partial charge in [0.2, 0.25) is 0 Å². The number of carbonyl (C=O) groups excluding carboxylic acids is 1. The fourth-order valence-electron chi connectivity index (χ4n) is 2.39. The van der Waals surface area contributed by atoms with Gasteiger partial charge in [0.1, 0.15) is 17.1 Å². The molecular weight excluding hydrogens is 322 g/mol. The Bertz CT molecular complexity index is 666. The maximum Gasteiger partial charge on any atom is 0.258 e. The van der Waals surface area contributed by atoms with Crippen LogP contribution in [0.1, 0.15) is 21.5 Å². The molecule has 0 saturated carbocycles. The molecule has 5 heteroatoms. The molecule has 0 fully saturated rings. The van der Waals surface area contributed by atoms with Crippen LogP contribution in [-0.2, 0) is 5.75 Å². The molecule has 0 spiro atoms. The number of aryl methyl sites for hydroxylation is 1. The van der Waals surface area contributed by atoms with Crippen LogP contribution < -0.4 is 14.8 Å². The highest BCUT2D eigenvalue weighted by Crippen LogP contribution is 2.27. The fraction of sp³-hybridized carbons (Fsp3) is 0.316. The van der Waals surface area contributed by atoms with Gasteiger partial charge in [-0.3, -0.25) is 4.79 Å². The molecule has 2 rings (SSSR count). The van der Waals surface area contributed by atoms with E-state index < -0.39 is 0 Å². The van der Waals surface area contributed by atoms with E-state index in [0.717, 1.165) is 11.5 Å². The normalized spacial score (nSPS) is 10.3. The van der Waals surface area contributed by atoms with Gasteiger partial charge in [0.05, 0.1) is 14.2 Å². The summed E-state index contributed by atoms with van der Waals surface area (Å²) in [6, 6.07) is 13.8. The molecule has 0 aliphatic rings. The highest BCUT2D eigenvalue weighted by Gasteiger charge is 2.17. The minimum Gasteiger partial charge on any atom is -0.496 e. The lowest BCUT2D eigenvalue weighted by atomic mass is 10.1. The monoisotopic (exact) mass is 345 g/mol. The fourth-order valence-corrected chi connectivity index (χ4v) is 3.20. The van der Waals surface area contributed by atoms with E-state index in [-0.39, 0.29) is 5.91 Å². The van der Waals surface area contributed by atoms with Crippen LogP contribution in [0.4, 0.5) is 0 Å². The van der Waals surface area contributed by atoms with Gasteiger partial charge in [-0.2, -0.15) is 11.8 Å². The predicted molar refractivity (Wildman–Crippen MR) is 99.2 cm³/mol. The summed E-state index contributed by atoms with van der Waals surface area (Å²) in [6.45, 7) is 2.69. The van der Waals surface area contributed by atoms with Gasteiger partial charge in [-0.05, 0) is 24.6 Å². The van der Waals surface area contributed by atoms with Crippen LogP contribution >= 0.6 is 11.8 Å². The molecule has 0 heterocycles. The van der Waals surface area contributed by atoms with Gasteiger partial charge in [0.25, 0.3) is 5.91 Å². The summed E-state index contributed by atoms with van der Waals surface area (Å²) >= 11 is 1.79. The molecule has 128 valence electrons. The van der Waals surface area contributed by atoms with Crippen molar-refractivity contribution in [2.24, 2.45) is 0 Å². The standard InChI is InChI=1S/C19H23NO3S/c1-14-6-4-7-15(12-14)13-24-11-10-20-19(21)18-16(22-2)8-5-9-17(18)23-3/h4-9,12H,10-11,13H2,1-3H3,(H,20,21). The SMILES string of the molecule is COc1cccc(OC)c1C(=O)NCCSCc1cccc(C)c1. The smallest absolute Gasteiger partial charge is 0.258 e. The van der Waals surface area contributed by atoms with Crippen molar-refractivity contribution in [1.82, 2.24) is 5.32 Å². The molecule has 1 N–H and O–H groups in total. The molecule has 0 saturated heterocycles. The number of hydrogen-bond donors (Lipinski definition) is 1. The van der Waals surface area contributed by atoms with Crippen molar-refractivity contribution in [3.8, 4) is 11.5 Å². The van der Waals surface area contributed by atoms with Crippen LogP contribution in [-0.4, -0.2) is 32.4 Å². The van der Waals surface area contributed by atoms with E-state index >= 15 is 0 Å². The quantitative estimate of drug-likeness (QED) is 0.742. The number of rotatable bonds is 8. The Hall–Kier alpha value is -2.14. The number of amides is 1. The van der Waals surface area contributed by atoms with Gasteiger partial charge >= 0.3 is 0 Å². The summed E-state index contributed by atoms with van der Waals surface area (Å²) in [5.41, 5.74) is 3.01. The van der Waals surface area contributed by atoms with E-state index in [0.29, 0.717) is 23.6 Å². The van der Waals surface area contributed by atoms with E-state index in [9.17, 15) is 4.79 Å². The van der Waals surface area contributed by atoms with Gasteiger partial charge in [0.15, 0.2) is 0 Å². The first-order valence-corrected chi connectivity index (χ1v) is 8.93. The highest BCUT2D eigenvalue weighted by molar-refractivity contribution is 7.98. The van der Waals surface area contributed by atoms with Gasteiger partial charge in [0, 0.05) is 18.1 Å². The third-order valence-electron chi connectivity index (χ3n) is 3.54. The lowest BCUT2D eigenvalue weighted by molar-refractivity contribution is 0.0950. The summed E-state index contributed by atoms with van der Waals surface area (Å²) in [5.74, 6) is 2.63. The number of benzene rings is 2. The van der Waals surface area contributed by atoms with Crippen LogP contribution in [0.3, 0.4) is 0 Å². The molecule has 0 radical (unpaired) electrons. The topological polar surface area (TPSA) is 47.6 Å². The van der Waals surface area contributed by atoms with E-state index in [2.05, 4.69) is 36.5 Å². The average molecular weight is 345 g/mol. The molecule has 0 aliphatic carbocycles. The Morgan fingerprint density at radius 3 is 2.38 bits per heavy atom. The number of nitrogens with one attached hydrogen (secondary N) is 1. The molecule has 0 aliphatic heterocycles. The van der Waals surface area contributed by atoms with Gasteiger partial charge in [-0.15, -0.1) is 0 Å². The summed E-state index contributed by atoms with van der Waals surface area (Å²) in [6.07, 6.45) is 0. The zero-order valence-corrected chi connectivity index (χ0v) is 15.1. The number of thioether (sulfide) groups is 1. The molecule has 2 aromatic rings. The number of methoxy groups -OCH3 is 2. The maximum absolute atomic E-state index is 12.4. The first kappa shape index (κ1) is 18.2. The van der Waals surface area contributed by atoms with E-state index in [1.54, 1.807) is 44.2 Å². The third-order valence-corrected chi connectivity index (χ3v) is 4.57. The minimum atomic E-state index is -0.180. The number of ether oxygens (including phenoxy) is 2. The maximum atomic E-state index is 12.4. The Labute approximate surface area is 147 Å². The minimum absolute atomic E-state index is 0.180. The summed E-state index contributed by atoms with van der Waals surface area (Å²) in [4.78, 5) is 12.4. The molecule has 24 heavy (non-hydrogen) atoms. The Kier molecular flexibility index (Phi) is 7.00. The zero-order valence-electron chi connectivity index (χ0n) is 14.3. The first-order chi connectivity index (χ1) is 11.7. The second-order valence-corrected chi connectivity index (χ2v) is 6.44. The average Bonchev–Trinajstić information content (AvgIpc) is 2.60. The lowest BCUT2D eigenvalue weighted by Gasteiger charge is -2.13. The zero-order chi connectivity index (χ0) is 17.4. The molecule has 2 aromatic carbocycles. The Morgan fingerprint density at radius 1 is 1.08 bits per heavy atom. The van der Waals surface area contributed by atoms with E-state index in [1.165, 1.54) is 11.1 Å². The molecular formula is C19H23NO3S. The molecule has 1 amide bonds. The lowest BCUT2D eigenvalue weighted by Crippen LogP contribution is -2.26. The van der Waals surface area contributed by atoms with E-state index in [4.69, 9.17) is 9.47 Å². The van der Waals surface area contributed by atoms with Crippen LogP contribution in [0.2, 0.25) is 0 Å². The van der Waals surface area contributed by atoms with Crippen molar-refractivity contribution in [3.63, 3.8) is 0 Å². The summed E-state index contributed by atoms with van der Waals surface area (Å²) in [7, 11) is 3.09. The van der Waals surface area contributed by atoms with Crippen LogP contribution in [0.15, 0.2) is 42.5 Å². The van der Waals surface area contributed by atoms with Crippen molar-refractivity contribution in [2.75, 3.05) is 26.5 Å². The number of hydrogen-bond acceptors (Lipinski definition) is 4. The third kappa shape index (κ3) is 4.93. The second-order valence-electron chi connectivity index (χ2n) is 5.34. The molecule has 0 atom stereocenters. The van der Waals surface area contributed by atoms with Crippen LogP contribution in [0, 0.1) is 6.92 Å². The molecule has 4 nitrogen and oxygen atoms in total. The van der Waals surface area contributed by atoms with Crippen molar-refractivity contribution in [3.05, 3.63) is 59.2 Å². The highest BCUT2D eigenvalue weighted by atomic mass is 32.2. The molecule has 0 aromatic heterocycles. The van der Waals surface area contributed by atoms with Crippen molar-refractivity contribution in [2.45, 2.75) is 12.7 Å². The van der Waals surface area contributed by atoms with Crippen LogP contribution in [0.5, 0.6) is 11.5 Å². The van der Waals surface area contributed by atoms with Crippen LogP contribution in [0.25, 0.3) is 0 Å². The predicted octanol–water partition coefficient (Wildman–Crippen LogP) is 3.68. The summed E-state index contributed by atoms with van der Waals surface area (Å²) in [5, 5.41) is 2.93. The largest absolute Gasteiger partial charge is 0.496 e. The summed E-state index contributed by atoms with van der Waals surface area (Å²) < 4.78 is 10.5. The Morgan fingerprint density at radius 2 is 1.75 bits per heavy atom. The van der Waals surface area contributed by atoms with Crippen molar-refractivity contribution in [1.29, 1.82) is 0 Å². The van der Waals surface area contributed by atoms with Gasteiger partial charge in [-0.1, -0.05) is 35.9 Å². The Balaban J connectivity index is 1.83. The molecule has 0 unspecified atom stereocenters. The van der Waals surface area contributed by atoms with Crippen molar-refractivity contribution >= 4 is 17.7 Å². The second kappa shape index (κ2) is 9.23. The van der Waals surface area contributed by atoms with E-state index in [1.807, 2.05) is 0 Å². The van der Waals surface area contributed by atoms with Crippen molar-refractivity contribution < 1.29 is 14.3 Å². The number of carbonyl (C=O) groups is 1. The van der Waals surface area contributed by atoms with Gasteiger partial charge in [-0.25, -0.2) is 0 Å².